The van der Waals surface area contributed by atoms with Crippen LogP contribution in [0.2, 0.25) is 5.02 Å². The zero-order valence-corrected chi connectivity index (χ0v) is 14.2. The Morgan fingerprint density at radius 1 is 1.15 bits per heavy atom. The van der Waals surface area contributed by atoms with Crippen LogP contribution in [0.15, 0.2) is 36.4 Å². The second-order valence-corrected chi connectivity index (χ2v) is 5.70. The molecule has 3 rings (SSSR count). The molecule has 1 N–H and O–H groups in total. The maximum Gasteiger partial charge on any atom is 0.338 e. The first-order chi connectivity index (χ1) is 12.6. The maximum atomic E-state index is 12.1. The lowest BCUT2D eigenvalue weighted by Gasteiger charge is -2.18. The molecule has 0 aromatic heterocycles. The Labute approximate surface area is 154 Å². The molecule has 0 bridgehead atoms. The lowest BCUT2D eigenvalue weighted by atomic mass is 10.2. The van der Waals surface area contributed by atoms with Gasteiger partial charge in [0.1, 0.15) is 19.3 Å². The number of ether oxygens (including phenoxy) is 3. The third kappa shape index (κ3) is 4.05. The fourth-order valence-electron chi connectivity index (χ4n) is 2.27. The van der Waals surface area contributed by atoms with Crippen LogP contribution in [0.1, 0.15) is 15.9 Å². The Kier molecular flexibility index (Phi) is 5.25. The number of halogens is 1. The summed E-state index contributed by atoms with van der Waals surface area (Å²) in [5, 5.41) is 11.6. The van der Waals surface area contributed by atoms with Crippen molar-refractivity contribution in [2.75, 3.05) is 25.1 Å². The predicted molar refractivity (Wildman–Crippen MR) is 92.5 cm³/mol. The largest absolute Gasteiger partial charge is 0.486 e. The SMILES string of the molecule is N#Cc1ccc(NC(=O)COC(=O)c2ccc3c(c2)OCCO3)cc1Cl. The number of amides is 1. The van der Waals surface area contributed by atoms with Crippen molar-refractivity contribution in [3.8, 4) is 17.6 Å². The normalized spacial score (nSPS) is 12.0. The van der Waals surface area contributed by atoms with E-state index in [-0.39, 0.29) is 10.6 Å². The topological polar surface area (TPSA) is 97.7 Å². The van der Waals surface area contributed by atoms with Crippen LogP contribution in [0, 0.1) is 11.3 Å². The highest BCUT2D eigenvalue weighted by atomic mass is 35.5. The van der Waals surface area contributed by atoms with Gasteiger partial charge >= 0.3 is 5.97 Å². The number of carbonyl (C=O) groups is 2. The van der Waals surface area contributed by atoms with Crippen molar-refractivity contribution in [1.82, 2.24) is 0 Å². The molecule has 0 unspecified atom stereocenters. The van der Waals surface area contributed by atoms with Gasteiger partial charge in [0.25, 0.3) is 5.91 Å². The standard InChI is InChI=1S/C18H13ClN2O5/c19-14-8-13(3-1-12(14)9-20)21-17(22)10-26-18(23)11-2-4-15-16(7-11)25-6-5-24-15/h1-4,7-8H,5-6,10H2,(H,21,22). The van der Waals surface area contributed by atoms with Gasteiger partial charge in [0.2, 0.25) is 0 Å². The number of hydrogen-bond donors (Lipinski definition) is 1. The van der Waals surface area contributed by atoms with E-state index >= 15 is 0 Å². The summed E-state index contributed by atoms with van der Waals surface area (Å²) < 4.78 is 15.8. The van der Waals surface area contributed by atoms with Gasteiger partial charge in [-0.15, -0.1) is 0 Å². The number of esters is 1. The van der Waals surface area contributed by atoms with Crippen molar-refractivity contribution < 1.29 is 23.8 Å². The minimum atomic E-state index is -0.657. The zero-order chi connectivity index (χ0) is 18.5. The average molecular weight is 373 g/mol. The first-order valence-electron chi connectivity index (χ1n) is 7.63. The minimum absolute atomic E-state index is 0.221. The molecular weight excluding hydrogens is 360 g/mol. The molecule has 1 amide bonds. The summed E-state index contributed by atoms with van der Waals surface area (Å²) in [5.41, 5.74) is 0.951. The van der Waals surface area contributed by atoms with Gasteiger partial charge in [0.05, 0.1) is 16.1 Å². The van der Waals surface area contributed by atoms with Crippen molar-refractivity contribution >= 4 is 29.2 Å². The summed E-state index contributed by atoms with van der Waals surface area (Å²) in [4.78, 5) is 24.0. The van der Waals surface area contributed by atoms with Crippen LogP contribution in [0.25, 0.3) is 0 Å². The Morgan fingerprint density at radius 3 is 2.65 bits per heavy atom. The van der Waals surface area contributed by atoms with E-state index in [0.717, 1.165) is 0 Å². The van der Waals surface area contributed by atoms with Crippen molar-refractivity contribution in [3.63, 3.8) is 0 Å². The summed E-state index contributed by atoms with van der Waals surface area (Å²) in [6, 6.07) is 11.0. The van der Waals surface area contributed by atoms with Crippen LogP contribution in [0.5, 0.6) is 11.5 Å². The van der Waals surface area contributed by atoms with Gasteiger partial charge in [0.15, 0.2) is 18.1 Å². The predicted octanol–water partition coefficient (Wildman–Crippen LogP) is 2.78. The van der Waals surface area contributed by atoms with Crippen LogP contribution in [-0.4, -0.2) is 31.7 Å². The Bertz CT molecular complexity index is 907. The van der Waals surface area contributed by atoms with E-state index in [2.05, 4.69) is 5.32 Å². The van der Waals surface area contributed by atoms with Crippen molar-refractivity contribution in [3.05, 3.63) is 52.5 Å². The highest BCUT2D eigenvalue weighted by Crippen LogP contribution is 2.30. The van der Waals surface area contributed by atoms with Gasteiger partial charge in [-0.3, -0.25) is 4.79 Å². The van der Waals surface area contributed by atoms with Crippen LogP contribution < -0.4 is 14.8 Å². The molecular formula is C18H13ClN2O5. The minimum Gasteiger partial charge on any atom is -0.486 e. The number of carbonyl (C=O) groups excluding carboxylic acids is 2. The third-order valence-electron chi connectivity index (χ3n) is 3.49. The van der Waals surface area contributed by atoms with Crippen LogP contribution >= 0.6 is 11.6 Å². The average Bonchev–Trinajstić information content (AvgIpc) is 2.66. The van der Waals surface area contributed by atoms with E-state index < -0.39 is 18.5 Å². The Morgan fingerprint density at radius 2 is 1.92 bits per heavy atom. The molecule has 26 heavy (non-hydrogen) atoms. The van der Waals surface area contributed by atoms with E-state index in [1.807, 2.05) is 6.07 Å². The number of anilines is 1. The molecule has 0 saturated heterocycles. The summed E-state index contributed by atoms with van der Waals surface area (Å²) in [6.07, 6.45) is 0. The highest BCUT2D eigenvalue weighted by Gasteiger charge is 2.16. The van der Waals surface area contributed by atoms with Gasteiger partial charge in [-0.25, -0.2) is 4.79 Å². The number of nitriles is 1. The molecule has 0 saturated carbocycles. The summed E-state index contributed by atoms with van der Waals surface area (Å²) in [5.74, 6) is -0.169. The Hall–Kier alpha value is -3.24. The number of benzene rings is 2. The number of fused-ring (bicyclic) bond motifs is 1. The van der Waals surface area contributed by atoms with Gasteiger partial charge in [-0.2, -0.15) is 5.26 Å². The second-order valence-electron chi connectivity index (χ2n) is 5.29. The molecule has 2 aromatic carbocycles. The van der Waals surface area contributed by atoms with E-state index in [1.54, 1.807) is 6.07 Å². The van der Waals surface area contributed by atoms with Crippen LogP contribution in [0.4, 0.5) is 5.69 Å². The smallest absolute Gasteiger partial charge is 0.338 e. The van der Waals surface area contributed by atoms with Crippen LogP contribution in [-0.2, 0) is 9.53 Å². The quantitative estimate of drug-likeness (QED) is 0.829. The molecule has 132 valence electrons. The summed E-state index contributed by atoms with van der Waals surface area (Å²) >= 11 is 5.90. The monoisotopic (exact) mass is 372 g/mol. The van der Waals surface area contributed by atoms with Gasteiger partial charge < -0.3 is 19.5 Å². The maximum absolute atomic E-state index is 12.1. The molecule has 2 aromatic rings. The lowest BCUT2D eigenvalue weighted by molar-refractivity contribution is -0.119. The summed E-state index contributed by atoms with van der Waals surface area (Å²) in [6.45, 7) is 0.391. The zero-order valence-electron chi connectivity index (χ0n) is 13.5. The number of rotatable bonds is 4. The second kappa shape index (κ2) is 7.76. The molecule has 8 heteroatoms. The van der Waals surface area contributed by atoms with Crippen LogP contribution in [0.3, 0.4) is 0 Å². The fraction of sp³-hybridized carbons (Fsp3) is 0.167. The van der Waals surface area contributed by atoms with E-state index in [4.69, 9.17) is 31.1 Å². The van der Waals surface area contributed by atoms with Crippen molar-refractivity contribution in [1.29, 1.82) is 5.26 Å². The Balaban J connectivity index is 1.56. The molecule has 0 fully saturated rings. The number of nitrogens with one attached hydrogen (secondary N) is 1. The first-order valence-corrected chi connectivity index (χ1v) is 8.01. The van der Waals surface area contributed by atoms with Crippen molar-refractivity contribution in [2.24, 2.45) is 0 Å². The number of hydrogen-bond acceptors (Lipinski definition) is 6. The molecule has 0 spiro atoms. The molecule has 0 radical (unpaired) electrons. The van der Waals surface area contributed by atoms with E-state index in [1.165, 1.54) is 30.3 Å². The van der Waals surface area contributed by atoms with Gasteiger partial charge in [0, 0.05) is 5.69 Å². The first kappa shape index (κ1) is 17.6. The molecule has 1 heterocycles. The molecule has 7 nitrogen and oxygen atoms in total. The lowest BCUT2D eigenvalue weighted by Crippen LogP contribution is -2.21. The fourth-order valence-corrected chi connectivity index (χ4v) is 2.49. The summed E-state index contributed by atoms with van der Waals surface area (Å²) in [7, 11) is 0. The van der Waals surface area contributed by atoms with Gasteiger partial charge in [-0.05, 0) is 36.4 Å². The molecule has 1 aliphatic rings. The van der Waals surface area contributed by atoms with E-state index in [0.29, 0.717) is 36.0 Å². The molecule has 1 aliphatic heterocycles. The molecule has 0 aliphatic carbocycles. The van der Waals surface area contributed by atoms with Crippen molar-refractivity contribution in [2.45, 2.75) is 0 Å². The number of nitrogens with zero attached hydrogens (tertiary/aromatic N) is 1. The van der Waals surface area contributed by atoms with E-state index in [9.17, 15) is 9.59 Å². The highest BCUT2D eigenvalue weighted by molar-refractivity contribution is 6.32. The van der Waals surface area contributed by atoms with Gasteiger partial charge in [-0.1, -0.05) is 11.6 Å². The molecule has 0 atom stereocenters. The third-order valence-corrected chi connectivity index (χ3v) is 3.80.